The molecule has 0 radical (unpaired) electrons. The molecular formula is C13H20O. The van der Waals surface area contributed by atoms with Crippen LogP contribution in [0.5, 0.6) is 0 Å². The summed E-state index contributed by atoms with van der Waals surface area (Å²) in [5, 5.41) is 9.49. The van der Waals surface area contributed by atoms with Crippen LogP contribution in [0, 0.1) is 0 Å². The monoisotopic (exact) mass is 192 g/mol. The average molecular weight is 192 g/mol. The number of aliphatic hydroxyl groups is 1. The third-order valence-electron chi connectivity index (χ3n) is 2.66. The molecule has 1 nitrogen and oxygen atoms in total. The van der Waals surface area contributed by atoms with Gasteiger partial charge in [-0.2, -0.15) is 0 Å². The highest BCUT2D eigenvalue weighted by Gasteiger charge is 2.08. The molecule has 0 bridgehead atoms. The van der Waals surface area contributed by atoms with Crippen LogP contribution in [0.25, 0.3) is 0 Å². The molecule has 0 fully saturated rings. The summed E-state index contributed by atoms with van der Waals surface area (Å²) >= 11 is 0. The highest BCUT2D eigenvalue weighted by atomic mass is 16.3. The lowest BCUT2D eigenvalue weighted by molar-refractivity contribution is 0.199. The predicted octanol–water partition coefficient (Wildman–Crippen LogP) is 3.43. The third-order valence-corrected chi connectivity index (χ3v) is 2.66. The van der Waals surface area contributed by atoms with E-state index in [1.807, 2.05) is 13.0 Å². The molecule has 0 aliphatic rings. The number of hydrogen-bond acceptors (Lipinski definition) is 1. The Balaban J connectivity index is 3.14. The van der Waals surface area contributed by atoms with Crippen molar-refractivity contribution in [1.82, 2.24) is 0 Å². The van der Waals surface area contributed by atoms with Crippen LogP contribution in [0.15, 0.2) is 18.2 Å². The lowest BCUT2D eigenvalue weighted by atomic mass is 9.92. The Labute approximate surface area is 86.8 Å². The summed E-state index contributed by atoms with van der Waals surface area (Å²) in [6, 6.07) is 6.29. The Morgan fingerprint density at radius 2 is 1.86 bits per heavy atom. The molecule has 0 aromatic heterocycles. The second-order valence-electron chi connectivity index (χ2n) is 4.14. The topological polar surface area (TPSA) is 20.2 Å². The summed E-state index contributed by atoms with van der Waals surface area (Å²) < 4.78 is 0. The summed E-state index contributed by atoms with van der Waals surface area (Å²) in [5.41, 5.74) is 3.78. The summed E-state index contributed by atoms with van der Waals surface area (Å²) in [6.07, 6.45) is 0.701. The Kier molecular flexibility index (Phi) is 3.70. The fourth-order valence-corrected chi connectivity index (χ4v) is 1.73. The van der Waals surface area contributed by atoms with E-state index in [9.17, 15) is 5.11 Å². The second kappa shape index (κ2) is 4.61. The third kappa shape index (κ3) is 2.36. The fraction of sp³-hybridized carbons (Fsp3) is 0.538. The maximum Gasteiger partial charge on any atom is 0.0762 e. The van der Waals surface area contributed by atoms with Gasteiger partial charge in [0.2, 0.25) is 0 Å². The maximum atomic E-state index is 9.49. The standard InChI is InChI=1S/C13H20O/c1-5-11-6-7-12(10(4)14)8-13(11)9(2)3/h6-10,14H,5H2,1-4H3. The molecule has 1 unspecified atom stereocenters. The first kappa shape index (κ1) is 11.3. The summed E-state index contributed by atoms with van der Waals surface area (Å²) in [7, 11) is 0. The quantitative estimate of drug-likeness (QED) is 0.778. The Morgan fingerprint density at radius 3 is 2.29 bits per heavy atom. The minimum Gasteiger partial charge on any atom is -0.389 e. The second-order valence-corrected chi connectivity index (χ2v) is 4.14. The van der Waals surface area contributed by atoms with Gasteiger partial charge in [-0.15, -0.1) is 0 Å². The van der Waals surface area contributed by atoms with Crippen molar-refractivity contribution < 1.29 is 5.11 Å². The van der Waals surface area contributed by atoms with Gasteiger partial charge >= 0.3 is 0 Å². The molecule has 14 heavy (non-hydrogen) atoms. The van der Waals surface area contributed by atoms with Gasteiger partial charge in [-0.1, -0.05) is 39.0 Å². The van der Waals surface area contributed by atoms with Gasteiger partial charge in [0.05, 0.1) is 6.10 Å². The van der Waals surface area contributed by atoms with Crippen LogP contribution >= 0.6 is 0 Å². The van der Waals surface area contributed by atoms with Crippen molar-refractivity contribution in [2.45, 2.75) is 46.1 Å². The van der Waals surface area contributed by atoms with Crippen LogP contribution in [0.2, 0.25) is 0 Å². The highest BCUT2D eigenvalue weighted by molar-refractivity contribution is 5.35. The predicted molar refractivity (Wildman–Crippen MR) is 60.5 cm³/mol. The molecule has 0 saturated heterocycles. The van der Waals surface area contributed by atoms with Crippen molar-refractivity contribution in [3.63, 3.8) is 0 Å². The van der Waals surface area contributed by atoms with Crippen molar-refractivity contribution in [2.75, 3.05) is 0 Å². The van der Waals surface area contributed by atoms with Crippen LogP contribution in [-0.2, 0) is 6.42 Å². The van der Waals surface area contributed by atoms with E-state index >= 15 is 0 Å². The minimum atomic E-state index is -0.363. The first-order chi connectivity index (χ1) is 6.56. The molecule has 0 aliphatic heterocycles. The number of rotatable bonds is 3. The number of aryl methyl sites for hydroxylation is 1. The van der Waals surface area contributed by atoms with Gasteiger partial charge in [0.25, 0.3) is 0 Å². The summed E-state index contributed by atoms with van der Waals surface area (Å²) in [6.45, 7) is 8.37. The zero-order valence-electron chi connectivity index (χ0n) is 9.54. The van der Waals surface area contributed by atoms with E-state index in [-0.39, 0.29) is 6.10 Å². The van der Waals surface area contributed by atoms with E-state index in [2.05, 4.69) is 32.9 Å². The van der Waals surface area contributed by atoms with E-state index in [0.717, 1.165) is 12.0 Å². The Bertz CT molecular complexity index is 300. The molecule has 1 aromatic rings. The minimum absolute atomic E-state index is 0.363. The molecule has 0 saturated carbocycles. The molecule has 1 aromatic carbocycles. The van der Waals surface area contributed by atoms with E-state index in [1.165, 1.54) is 11.1 Å². The number of aliphatic hydroxyl groups excluding tert-OH is 1. The molecule has 0 amide bonds. The van der Waals surface area contributed by atoms with E-state index in [4.69, 9.17) is 0 Å². The lowest BCUT2D eigenvalue weighted by Crippen LogP contribution is -1.99. The van der Waals surface area contributed by atoms with E-state index < -0.39 is 0 Å². The molecular weight excluding hydrogens is 172 g/mol. The maximum absolute atomic E-state index is 9.49. The van der Waals surface area contributed by atoms with Crippen LogP contribution in [0.1, 0.15) is 56.4 Å². The Hall–Kier alpha value is -0.820. The van der Waals surface area contributed by atoms with Crippen molar-refractivity contribution in [3.8, 4) is 0 Å². The molecule has 1 heteroatoms. The molecule has 78 valence electrons. The van der Waals surface area contributed by atoms with Gasteiger partial charge in [0.15, 0.2) is 0 Å². The summed E-state index contributed by atoms with van der Waals surface area (Å²) in [4.78, 5) is 0. The van der Waals surface area contributed by atoms with Crippen LogP contribution in [0.4, 0.5) is 0 Å². The highest BCUT2D eigenvalue weighted by Crippen LogP contribution is 2.24. The molecule has 0 heterocycles. The zero-order chi connectivity index (χ0) is 10.7. The smallest absolute Gasteiger partial charge is 0.0762 e. The molecule has 1 rings (SSSR count). The normalized spacial score (nSPS) is 13.3. The van der Waals surface area contributed by atoms with Crippen LogP contribution in [-0.4, -0.2) is 5.11 Å². The van der Waals surface area contributed by atoms with Crippen molar-refractivity contribution in [2.24, 2.45) is 0 Å². The van der Waals surface area contributed by atoms with Crippen molar-refractivity contribution in [1.29, 1.82) is 0 Å². The first-order valence-corrected chi connectivity index (χ1v) is 5.37. The number of benzene rings is 1. The van der Waals surface area contributed by atoms with E-state index in [0.29, 0.717) is 5.92 Å². The van der Waals surface area contributed by atoms with E-state index in [1.54, 1.807) is 0 Å². The molecule has 0 aliphatic carbocycles. The van der Waals surface area contributed by atoms with Gasteiger partial charge in [-0.25, -0.2) is 0 Å². The molecule has 0 spiro atoms. The van der Waals surface area contributed by atoms with Gasteiger partial charge in [-0.05, 0) is 36.0 Å². The molecule has 1 N–H and O–H groups in total. The van der Waals surface area contributed by atoms with Crippen molar-refractivity contribution in [3.05, 3.63) is 34.9 Å². The van der Waals surface area contributed by atoms with Crippen LogP contribution < -0.4 is 0 Å². The first-order valence-electron chi connectivity index (χ1n) is 5.37. The van der Waals surface area contributed by atoms with Crippen LogP contribution in [0.3, 0.4) is 0 Å². The van der Waals surface area contributed by atoms with Gasteiger partial charge in [0, 0.05) is 0 Å². The molecule has 1 atom stereocenters. The SMILES string of the molecule is CCc1ccc(C(C)O)cc1C(C)C. The largest absolute Gasteiger partial charge is 0.389 e. The number of hydrogen-bond donors (Lipinski definition) is 1. The average Bonchev–Trinajstić information content (AvgIpc) is 2.16. The van der Waals surface area contributed by atoms with Gasteiger partial charge < -0.3 is 5.11 Å². The van der Waals surface area contributed by atoms with Gasteiger partial charge in [-0.3, -0.25) is 0 Å². The lowest BCUT2D eigenvalue weighted by Gasteiger charge is -2.14. The summed E-state index contributed by atoms with van der Waals surface area (Å²) in [5.74, 6) is 0.531. The van der Waals surface area contributed by atoms with Crippen molar-refractivity contribution >= 4 is 0 Å². The Morgan fingerprint density at radius 1 is 1.21 bits per heavy atom. The zero-order valence-corrected chi connectivity index (χ0v) is 9.54. The van der Waals surface area contributed by atoms with Gasteiger partial charge in [0.1, 0.15) is 0 Å². The fourth-order valence-electron chi connectivity index (χ4n) is 1.73.